The molecule has 0 saturated carbocycles. The first kappa shape index (κ1) is 20.6. The van der Waals surface area contributed by atoms with Gasteiger partial charge in [0.15, 0.2) is 5.65 Å². The average Bonchev–Trinajstić information content (AvgIpc) is 2.71. The smallest absolute Gasteiger partial charge is 0.278 e. The molecule has 30 heavy (non-hydrogen) atoms. The van der Waals surface area contributed by atoms with Crippen molar-refractivity contribution < 1.29 is 8.42 Å². The standard InChI is InChI=1S/C19H21ClN6O3S/c1-30(28,29)25-8-6-13(7-9-25)23-19-22-11-12-10-15(14-4-2-3-5-16(14)20)18(27)26(21)17(12)24-19/h2-5,10-11,13H,6-9,21H2,1H3,(H,22,23,24). The zero-order chi connectivity index (χ0) is 21.5. The van der Waals surface area contributed by atoms with E-state index < -0.39 is 15.6 Å². The molecule has 0 bridgehead atoms. The maximum absolute atomic E-state index is 12.8. The summed E-state index contributed by atoms with van der Waals surface area (Å²) < 4.78 is 25.7. The molecule has 0 unspecified atom stereocenters. The zero-order valence-electron chi connectivity index (χ0n) is 16.2. The number of nitrogens with zero attached hydrogens (tertiary/aromatic N) is 4. The fourth-order valence-electron chi connectivity index (χ4n) is 3.58. The summed E-state index contributed by atoms with van der Waals surface area (Å²) in [7, 11) is -3.18. The van der Waals surface area contributed by atoms with Crippen LogP contribution in [0.25, 0.3) is 22.2 Å². The summed E-state index contributed by atoms with van der Waals surface area (Å²) in [6.45, 7) is 0.875. The second-order valence-corrected chi connectivity index (χ2v) is 9.66. The fraction of sp³-hybridized carbons (Fsp3) is 0.316. The van der Waals surface area contributed by atoms with Gasteiger partial charge in [-0.2, -0.15) is 4.98 Å². The number of hydrogen-bond donors (Lipinski definition) is 2. The van der Waals surface area contributed by atoms with Gasteiger partial charge in [0.1, 0.15) is 0 Å². The van der Waals surface area contributed by atoms with Gasteiger partial charge in [0.2, 0.25) is 16.0 Å². The largest absolute Gasteiger partial charge is 0.351 e. The van der Waals surface area contributed by atoms with E-state index in [1.807, 2.05) is 0 Å². The number of halogens is 1. The lowest BCUT2D eigenvalue weighted by atomic mass is 10.1. The van der Waals surface area contributed by atoms with Gasteiger partial charge in [-0.1, -0.05) is 29.8 Å². The molecule has 1 aromatic carbocycles. The van der Waals surface area contributed by atoms with E-state index in [1.165, 1.54) is 10.6 Å². The first-order chi connectivity index (χ1) is 14.2. The number of nitrogens with one attached hydrogen (secondary N) is 1. The third kappa shape index (κ3) is 3.98. The molecule has 4 rings (SSSR count). The van der Waals surface area contributed by atoms with Gasteiger partial charge < -0.3 is 11.2 Å². The quantitative estimate of drug-likeness (QED) is 0.581. The molecule has 1 aliphatic rings. The predicted molar refractivity (Wildman–Crippen MR) is 117 cm³/mol. The van der Waals surface area contributed by atoms with Crippen LogP contribution < -0.4 is 16.7 Å². The Labute approximate surface area is 178 Å². The van der Waals surface area contributed by atoms with Crippen LogP contribution in [0.4, 0.5) is 5.95 Å². The zero-order valence-corrected chi connectivity index (χ0v) is 17.8. The Kier molecular flexibility index (Phi) is 5.39. The van der Waals surface area contributed by atoms with Gasteiger partial charge >= 0.3 is 0 Å². The van der Waals surface area contributed by atoms with Crippen LogP contribution >= 0.6 is 11.6 Å². The molecule has 0 spiro atoms. The van der Waals surface area contributed by atoms with Crippen LogP contribution in [-0.4, -0.2) is 52.8 Å². The SMILES string of the molecule is CS(=O)(=O)N1CCC(Nc2ncc3cc(-c4ccccc4Cl)c(=O)n(N)c3n2)CC1. The molecule has 0 radical (unpaired) electrons. The summed E-state index contributed by atoms with van der Waals surface area (Å²) in [5.74, 6) is 6.38. The maximum Gasteiger partial charge on any atom is 0.278 e. The molecule has 1 fully saturated rings. The van der Waals surface area contributed by atoms with Crippen molar-refractivity contribution in [3.63, 3.8) is 0 Å². The molecular formula is C19H21ClN6O3S. The van der Waals surface area contributed by atoms with E-state index >= 15 is 0 Å². The number of sulfonamides is 1. The molecule has 3 heterocycles. The van der Waals surface area contributed by atoms with Crippen molar-refractivity contribution in [2.24, 2.45) is 0 Å². The van der Waals surface area contributed by atoms with E-state index in [0.29, 0.717) is 59.1 Å². The number of nitrogens with two attached hydrogens (primary N) is 1. The van der Waals surface area contributed by atoms with Crippen LogP contribution in [0.15, 0.2) is 41.3 Å². The average molecular weight is 449 g/mol. The molecule has 0 atom stereocenters. The van der Waals surface area contributed by atoms with Crippen molar-refractivity contribution in [3.8, 4) is 11.1 Å². The number of anilines is 1. The van der Waals surface area contributed by atoms with Crippen molar-refractivity contribution in [1.29, 1.82) is 0 Å². The highest BCUT2D eigenvalue weighted by Crippen LogP contribution is 2.27. The predicted octanol–water partition coefficient (Wildman–Crippen LogP) is 1.66. The van der Waals surface area contributed by atoms with Crippen molar-refractivity contribution in [2.45, 2.75) is 18.9 Å². The van der Waals surface area contributed by atoms with Crippen LogP contribution in [0.1, 0.15) is 12.8 Å². The summed E-state index contributed by atoms with van der Waals surface area (Å²) in [6, 6.07) is 8.75. The first-order valence-electron chi connectivity index (χ1n) is 9.38. The van der Waals surface area contributed by atoms with Gasteiger partial charge in [0.25, 0.3) is 5.56 Å². The second kappa shape index (κ2) is 7.86. The van der Waals surface area contributed by atoms with Gasteiger partial charge in [0, 0.05) is 41.3 Å². The molecule has 9 nitrogen and oxygen atoms in total. The Balaban J connectivity index is 1.61. The molecule has 3 N–H and O–H groups in total. The van der Waals surface area contributed by atoms with Gasteiger partial charge in [-0.25, -0.2) is 22.4 Å². The summed E-state index contributed by atoms with van der Waals surface area (Å²) in [4.78, 5) is 21.5. The number of nitrogen functional groups attached to an aromatic ring is 1. The van der Waals surface area contributed by atoms with E-state index in [1.54, 1.807) is 36.5 Å². The van der Waals surface area contributed by atoms with Gasteiger partial charge in [-0.05, 0) is 25.0 Å². The number of fused-ring (bicyclic) bond motifs is 1. The molecule has 158 valence electrons. The molecule has 2 aromatic heterocycles. The summed E-state index contributed by atoms with van der Waals surface area (Å²) in [5, 5.41) is 4.27. The minimum atomic E-state index is -3.18. The van der Waals surface area contributed by atoms with Crippen LogP contribution in [-0.2, 0) is 10.0 Å². The van der Waals surface area contributed by atoms with Crippen molar-refractivity contribution in [2.75, 3.05) is 30.5 Å². The number of aromatic nitrogens is 3. The van der Waals surface area contributed by atoms with Gasteiger partial charge in [0.05, 0.1) is 11.8 Å². The summed E-state index contributed by atoms with van der Waals surface area (Å²) in [6.07, 6.45) is 4.08. The maximum atomic E-state index is 12.8. The number of pyridine rings is 1. The topological polar surface area (TPSA) is 123 Å². The Hall–Kier alpha value is -2.69. The molecule has 0 aliphatic carbocycles. The third-order valence-electron chi connectivity index (χ3n) is 5.19. The highest BCUT2D eigenvalue weighted by molar-refractivity contribution is 7.88. The fourth-order valence-corrected chi connectivity index (χ4v) is 4.69. The minimum absolute atomic E-state index is 0.0285. The van der Waals surface area contributed by atoms with Gasteiger partial charge in [-0.15, -0.1) is 0 Å². The molecule has 0 amide bonds. The van der Waals surface area contributed by atoms with Crippen LogP contribution in [0.2, 0.25) is 5.02 Å². The van der Waals surface area contributed by atoms with E-state index in [-0.39, 0.29) is 6.04 Å². The number of hydrogen-bond acceptors (Lipinski definition) is 7. The monoisotopic (exact) mass is 448 g/mol. The molecule has 1 aliphatic heterocycles. The Morgan fingerprint density at radius 2 is 1.90 bits per heavy atom. The van der Waals surface area contributed by atoms with Crippen LogP contribution in [0, 0.1) is 0 Å². The molecular weight excluding hydrogens is 428 g/mol. The number of piperidine rings is 1. The van der Waals surface area contributed by atoms with E-state index in [0.717, 1.165) is 4.68 Å². The Morgan fingerprint density at radius 1 is 1.20 bits per heavy atom. The second-order valence-electron chi connectivity index (χ2n) is 7.27. The minimum Gasteiger partial charge on any atom is -0.351 e. The van der Waals surface area contributed by atoms with Gasteiger partial charge in [-0.3, -0.25) is 4.79 Å². The molecule has 3 aromatic rings. The van der Waals surface area contributed by atoms with Crippen LogP contribution in [0.3, 0.4) is 0 Å². The molecule has 1 saturated heterocycles. The van der Waals surface area contributed by atoms with Crippen molar-refractivity contribution in [1.82, 2.24) is 18.9 Å². The highest BCUT2D eigenvalue weighted by atomic mass is 35.5. The van der Waals surface area contributed by atoms with Crippen molar-refractivity contribution >= 4 is 38.6 Å². The number of benzene rings is 1. The lowest BCUT2D eigenvalue weighted by Gasteiger charge is -2.30. The third-order valence-corrected chi connectivity index (χ3v) is 6.83. The van der Waals surface area contributed by atoms with Crippen LogP contribution in [0.5, 0.6) is 0 Å². The summed E-state index contributed by atoms with van der Waals surface area (Å²) >= 11 is 6.24. The normalized spacial score (nSPS) is 16.1. The lowest BCUT2D eigenvalue weighted by Crippen LogP contribution is -2.42. The lowest BCUT2D eigenvalue weighted by molar-refractivity contribution is 0.331. The molecule has 11 heteroatoms. The number of rotatable bonds is 4. The van der Waals surface area contributed by atoms with Crippen molar-refractivity contribution in [3.05, 3.63) is 51.9 Å². The first-order valence-corrected chi connectivity index (χ1v) is 11.6. The Bertz CT molecular complexity index is 1270. The highest BCUT2D eigenvalue weighted by Gasteiger charge is 2.25. The Morgan fingerprint density at radius 3 is 2.57 bits per heavy atom. The van der Waals surface area contributed by atoms with E-state index in [4.69, 9.17) is 17.4 Å². The summed E-state index contributed by atoms with van der Waals surface area (Å²) in [5.41, 5.74) is 0.835. The van der Waals surface area contributed by atoms with E-state index in [2.05, 4.69) is 15.3 Å². The van der Waals surface area contributed by atoms with E-state index in [9.17, 15) is 13.2 Å².